The second-order valence-corrected chi connectivity index (χ2v) is 9.63. The molecule has 0 amide bonds. The van der Waals surface area contributed by atoms with Crippen LogP contribution >= 0.6 is 0 Å². The van der Waals surface area contributed by atoms with Gasteiger partial charge in [0, 0.05) is 12.0 Å². The van der Waals surface area contributed by atoms with Crippen LogP contribution in [0.1, 0.15) is 105 Å². The highest BCUT2D eigenvalue weighted by Crippen LogP contribution is 2.37. The van der Waals surface area contributed by atoms with Gasteiger partial charge in [-0.1, -0.05) is 51.5 Å². The van der Waals surface area contributed by atoms with E-state index in [-0.39, 0.29) is 24.2 Å². The van der Waals surface area contributed by atoms with Gasteiger partial charge in [0.2, 0.25) is 0 Å². The van der Waals surface area contributed by atoms with E-state index in [9.17, 15) is 8.78 Å². The fourth-order valence-electron chi connectivity index (χ4n) is 4.08. The highest BCUT2D eigenvalue weighted by Gasteiger charge is 2.44. The van der Waals surface area contributed by atoms with E-state index in [1.54, 1.807) is 0 Å². The average Bonchev–Trinajstić information content (AvgIpc) is 2.66. The van der Waals surface area contributed by atoms with Crippen molar-refractivity contribution in [3.63, 3.8) is 0 Å². The Kier molecular flexibility index (Phi) is 13.6. The molecule has 0 bridgehead atoms. The van der Waals surface area contributed by atoms with Gasteiger partial charge in [-0.2, -0.15) is 0 Å². The fourth-order valence-corrected chi connectivity index (χ4v) is 4.08. The van der Waals surface area contributed by atoms with E-state index in [0.717, 1.165) is 25.3 Å². The Morgan fingerprint density at radius 1 is 0.750 bits per heavy atom. The lowest BCUT2D eigenvalue weighted by atomic mass is 9.90. The first-order chi connectivity index (χ1) is 15.1. The second-order valence-electron chi connectivity index (χ2n) is 9.63. The maximum absolute atomic E-state index is 14.3. The molecule has 5 heteroatoms. The summed E-state index contributed by atoms with van der Waals surface area (Å²) in [5.41, 5.74) is 0.506. The maximum Gasteiger partial charge on any atom is 0.286 e. The summed E-state index contributed by atoms with van der Waals surface area (Å²) in [6.07, 6.45) is 8.80. The molecule has 0 spiro atoms. The Morgan fingerprint density at radius 2 is 1.28 bits per heavy atom. The standard InChI is InChI=1S/C27H46F2O3/c1-8-9-10-11-12-13-14-24(17-15-23-16-18-25(28)19-26(23)29)27(30-20(2)3,31-21(4)5)32-22(6)7/h16,18-22,24H,8-15,17H2,1-7H3. The van der Waals surface area contributed by atoms with Gasteiger partial charge in [-0.05, 0) is 72.4 Å². The molecule has 0 aromatic heterocycles. The lowest BCUT2D eigenvalue weighted by molar-refractivity contribution is -0.433. The summed E-state index contributed by atoms with van der Waals surface area (Å²) in [5, 5.41) is 0. The van der Waals surface area contributed by atoms with Crippen molar-refractivity contribution < 1.29 is 23.0 Å². The predicted octanol–water partition coefficient (Wildman–Crippen LogP) is 8.19. The highest BCUT2D eigenvalue weighted by atomic mass is 19.1. The molecule has 0 saturated carbocycles. The van der Waals surface area contributed by atoms with Crippen LogP contribution in [0.25, 0.3) is 0 Å². The van der Waals surface area contributed by atoms with E-state index in [2.05, 4.69) is 6.92 Å². The number of hydrogen-bond acceptors (Lipinski definition) is 3. The monoisotopic (exact) mass is 456 g/mol. The SMILES string of the molecule is CCCCCCCCC(CCc1ccc(F)cc1F)C(OC(C)C)(OC(C)C)OC(C)C. The number of rotatable bonds is 17. The van der Waals surface area contributed by atoms with Gasteiger partial charge in [0.1, 0.15) is 11.6 Å². The Balaban J connectivity index is 3.10. The van der Waals surface area contributed by atoms with Crippen LogP contribution in [-0.2, 0) is 20.6 Å². The first-order valence-corrected chi connectivity index (χ1v) is 12.6. The first-order valence-electron chi connectivity index (χ1n) is 12.6. The van der Waals surface area contributed by atoms with Crippen molar-refractivity contribution >= 4 is 0 Å². The molecule has 1 rings (SSSR count). The molecule has 3 nitrogen and oxygen atoms in total. The van der Waals surface area contributed by atoms with E-state index in [1.165, 1.54) is 37.8 Å². The smallest absolute Gasteiger partial charge is 0.286 e. The summed E-state index contributed by atoms with van der Waals surface area (Å²) in [6, 6.07) is 3.80. The van der Waals surface area contributed by atoms with Gasteiger partial charge in [-0.3, -0.25) is 0 Å². The molecule has 0 aliphatic carbocycles. The quantitative estimate of drug-likeness (QED) is 0.175. The Labute approximate surface area is 195 Å². The van der Waals surface area contributed by atoms with Crippen molar-refractivity contribution in [2.75, 3.05) is 0 Å². The van der Waals surface area contributed by atoms with Crippen molar-refractivity contribution in [2.24, 2.45) is 5.92 Å². The van der Waals surface area contributed by atoms with Crippen LogP contribution in [0.15, 0.2) is 18.2 Å². The van der Waals surface area contributed by atoms with E-state index >= 15 is 0 Å². The van der Waals surface area contributed by atoms with Crippen molar-refractivity contribution in [3.05, 3.63) is 35.4 Å². The highest BCUT2D eigenvalue weighted by molar-refractivity contribution is 5.18. The van der Waals surface area contributed by atoms with Crippen LogP contribution in [-0.4, -0.2) is 24.3 Å². The minimum Gasteiger partial charge on any atom is -0.324 e. The molecule has 0 aliphatic heterocycles. The zero-order chi connectivity index (χ0) is 24.1. The number of aryl methyl sites for hydroxylation is 1. The summed E-state index contributed by atoms with van der Waals surface area (Å²) >= 11 is 0. The molecule has 0 aliphatic rings. The van der Waals surface area contributed by atoms with Crippen LogP contribution in [0.2, 0.25) is 0 Å². The molecule has 0 saturated heterocycles. The lowest BCUT2D eigenvalue weighted by Gasteiger charge is -2.43. The maximum atomic E-state index is 14.3. The molecule has 1 atom stereocenters. The predicted molar refractivity (Wildman–Crippen MR) is 128 cm³/mol. The number of unbranched alkanes of at least 4 members (excludes halogenated alkanes) is 5. The molecular weight excluding hydrogens is 410 g/mol. The number of halogens is 2. The van der Waals surface area contributed by atoms with E-state index in [0.29, 0.717) is 18.4 Å². The fraction of sp³-hybridized carbons (Fsp3) is 0.778. The molecule has 0 N–H and O–H groups in total. The molecule has 1 aromatic carbocycles. The average molecular weight is 457 g/mol. The molecule has 186 valence electrons. The van der Waals surface area contributed by atoms with Gasteiger partial charge in [0.15, 0.2) is 0 Å². The summed E-state index contributed by atoms with van der Waals surface area (Å²) < 4.78 is 46.7. The van der Waals surface area contributed by atoms with Crippen molar-refractivity contribution in [3.8, 4) is 0 Å². The topological polar surface area (TPSA) is 27.7 Å². The zero-order valence-corrected chi connectivity index (χ0v) is 21.4. The molecule has 1 unspecified atom stereocenters. The molecule has 1 aromatic rings. The van der Waals surface area contributed by atoms with Crippen molar-refractivity contribution in [1.82, 2.24) is 0 Å². The van der Waals surface area contributed by atoms with Crippen LogP contribution in [0.5, 0.6) is 0 Å². The zero-order valence-electron chi connectivity index (χ0n) is 21.4. The minimum absolute atomic E-state index is 0.0784. The van der Waals surface area contributed by atoms with E-state index in [4.69, 9.17) is 14.2 Å². The van der Waals surface area contributed by atoms with Crippen LogP contribution < -0.4 is 0 Å². The van der Waals surface area contributed by atoms with Gasteiger partial charge in [0.25, 0.3) is 5.97 Å². The number of hydrogen-bond donors (Lipinski definition) is 0. The molecule has 0 fully saturated rings. The Morgan fingerprint density at radius 3 is 1.78 bits per heavy atom. The summed E-state index contributed by atoms with van der Waals surface area (Å²) in [7, 11) is 0. The third kappa shape index (κ3) is 10.7. The van der Waals surface area contributed by atoms with Crippen molar-refractivity contribution in [2.45, 2.75) is 131 Å². The first kappa shape index (κ1) is 29.0. The molecule has 32 heavy (non-hydrogen) atoms. The number of ether oxygens (including phenoxy) is 3. The van der Waals surface area contributed by atoms with E-state index < -0.39 is 17.6 Å². The lowest BCUT2D eigenvalue weighted by Crippen LogP contribution is -2.51. The third-order valence-corrected chi connectivity index (χ3v) is 5.38. The van der Waals surface area contributed by atoms with Gasteiger partial charge in [-0.15, -0.1) is 0 Å². The second kappa shape index (κ2) is 15.0. The minimum atomic E-state index is -1.20. The summed E-state index contributed by atoms with van der Waals surface area (Å²) in [6.45, 7) is 14.1. The molecular formula is C27H46F2O3. The summed E-state index contributed by atoms with van der Waals surface area (Å²) in [4.78, 5) is 0. The van der Waals surface area contributed by atoms with Crippen LogP contribution in [0.4, 0.5) is 8.78 Å². The van der Waals surface area contributed by atoms with E-state index in [1.807, 2.05) is 41.5 Å². The Bertz CT molecular complexity index is 605. The van der Waals surface area contributed by atoms with Crippen molar-refractivity contribution in [1.29, 1.82) is 0 Å². The molecule has 0 heterocycles. The van der Waals surface area contributed by atoms with Crippen LogP contribution in [0.3, 0.4) is 0 Å². The summed E-state index contributed by atoms with van der Waals surface area (Å²) in [5.74, 6) is -2.34. The van der Waals surface area contributed by atoms with Crippen LogP contribution in [0, 0.1) is 17.6 Å². The van der Waals surface area contributed by atoms with Gasteiger partial charge >= 0.3 is 0 Å². The number of benzene rings is 1. The van der Waals surface area contributed by atoms with Gasteiger partial charge in [-0.25, -0.2) is 8.78 Å². The largest absolute Gasteiger partial charge is 0.324 e. The third-order valence-electron chi connectivity index (χ3n) is 5.38. The molecule has 0 radical (unpaired) electrons. The van der Waals surface area contributed by atoms with Gasteiger partial charge < -0.3 is 14.2 Å². The van der Waals surface area contributed by atoms with Gasteiger partial charge in [0.05, 0.1) is 18.3 Å². The Hall–Kier alpha value is -1.04. The normalized spacial score (nSPS) is 13.5.